The molecule has 0 aromatic heterocycles. The van der Waals surface area contributed by atoms with Crippen molar-refractivity contribution in [3.05, 3.63) is 37.0 Å². The molecule has 0 spiro atoms. The Balaban J connectivity index is 4.31. The fraction of sp³-hybridized carbons (Fsp3) is 0.250. The molecule has 0 saturated carbocycles. The van der Waals surface area contributed by atoms with Crippen LogP contribution >= 0.6 is 0 Å². The molecule has 0 rings (SSSR count). The molecule has 0 aliphatic heterocycles. The van der Waals surface area contributed by atoms with Crippen LogP contribution in [0.3, 0.4) is 0 Å². The second-order valence-electron chi connectivity index (χ2n) is 3.14. The second-order valence-corrected chi connectivity index (χ2v) is 3.14. The van der Waals surface area contributed by atoms with E-state index in [2.05, 4.69) is 17.9 Å². The number of hydrogen-bond donors (Lipinski definition) is 0. The molecular formula is C12H15NO4. The lowest BCUT2D eigenvalue weighted by molar-refractivity contribution is -0.138. The van der Waals surface area contributed by atoms with Crippen LogP contribution in [-0.2, 0) is 19.1 Å². The molecule has 0 fully saturated rings. The molecule has 0 N–H and O–H groups in total. The van der Waals surface area contributed by atoms with Crippen molar-refractivity contribution < 1.29 is 19.1 Å². The number of allylic oxidation sites excluding steroid dienone is 1. The first-order valence-corrected chi connectivity index (χ1v) is 4.80. The molecule has 0 aromatic carbocycles. The molecule has 92 valence electrons. The van der Waals surface area contributed by atoms with Crippen LogP contribution in [0.5, 0.6) is 0 Å². The van der Waals surface area contributed by atoms with E-state index in [-0.39, 0.29) is 12.0 Å². The lowest BCUT2D eigenvalue weighted by Crippen LogP contribution is -2.30. The summed E-state index contributed by atoms with van der Waals surface area (Å²) in [5, 5.41) is 0. The zero-order chi connectivity index (χ0) is 13.4. The van der Waals surface area contributed by atoms with Gasteiger partial charge >= 0.3 is 5.97 Å². The average molecular weight is 237 g/mol. The van der Waals surface area contributed by atoms with E-state index in [1.165, 1.54) is 26.3 Å². The lowest BCUT2D eigenvalue weighted by atomic mass is 10.2. The van der Waals surface area contributed by atoms with Gasteiger partial charge in [-0.25, -0.2) is 4.79 Å². The SMILES string of the molecule is C=CC(=O)N(C)C(=O)C=CCC(=C)C(=O)OC. The topological polar surface area (TPSA) is 63.7 Å². The number of rotatable bonds is 5. The van der Waals surface area contributed by atoms with Crippen molar-refractivity contribution in [2.24, 2.45) is 0 Å². The summed E-state index contributed by atoms with van der Waals surface area (Å²) in [6.45, 7) is 6.75. The molecule has 0 unspecified atom stereocenters. The fourth-order valence-electron chi connectivity index (χ4n) is 0.887. The van der Waals surface area contributed by atoms with Crippen molar-refractivity contribution >= 4 is 17.8 Å². The van der Waals surface area contributed by atoms with E-state index in [9.17, 15) is 14.4 Å². The maximum atomic E-state index is 11.4. The largest absolute Gasteiger partial charge is 0.466 e. The van der Waals surface area contributed by atoms with E-state index in [4.69, 9.17) is 0 Å². The Hall–Kier alpha value is -2.17. The summed E-state index contributed by atoms with van der Waals surface area (Å²) in [5.74, 6) is -1.52. The van der Waals surface area contributed by atoms with Gasteiger partial charge in [0.1, 0.15) is 0 Å². The molecule has 2 amide bonds. The van der Waals surface area contributed by atoms with Crippen molar-refractivity contribution in [3.63, 3.8) is 0 Å². The smallest absolute Gasteiger partial charge is 0.333 e. The zero-order valence-corrected chi connectivity index (χ0v) is 9.93. The van der Waals surface area contributed by atoms with Gasteiger partial charge in [0.15, 0.2) is 0 Å². The van der Waals surface area contributed by atoms with Gasteiger partial charge in [0.05, 0.1) is 7.11 Å². The second kappa shape index (κ2) is 7.16. The number of esters is 1. The molecule has 17 heavy (non-hydrogen) atoms. The number of nitrogens with zero attached hydrogens (tertiary/aromatic N) is 1. The van der Waals surface area contributed by atoms with E-state index >= 15 is 0 Å². The molecule has 0 atom stereocenters. The van der Waals surface area contributed by atoms with E-state index in [1.54, 1.807) is 0 Å². The predicted molar refractivity (Wildman–Crippen MR) is 62.9 cm³/mol. The van der Waals surface area contributed by atoms with Crippen LogP contribution in [0.25, 0.3) is 0 Å². The minimum atomic E-state index is -0.530. The summed E-state index contributed by atoms with van der Waals surface area (Å²) < 4.78 is 4.44. The zero-order valence-electron chi connectivity index (χ0n) is 9.93. The number of likely N-dealkylation sites (N-methyl/N-ethyl adjacent to an activating group) is 1. The summed E-state index contributed by atoms with van der Waals surface area (Å²) in [6, 6.07) is 0. The van der Waals surface area contributed by atoms with E-state index in [0.29, 0.717) is 0 Å². The van der Waals surface area contributed by atoms with E-state index in [0.717, 1.165) is 11.0 Å². The molecule has 0 saturated heterocycles. The monoisotopic (exact) mass is 237 g/mol. The van der Waals surface area contributed by atoms with Gasteiger partial charge in [0.2, 0.25) is 0 Å². The molecule has 0 bridgehead atoms. The quantitative estimate of drug-likeness (QED) is 0.525. The van der Waals surface area contributed by atoms with E-state index in [1.807, 2.05) is 0 Å². The third kappa shape index (κ3) is 4.92. The highest BCUT2D eigenvalue weighted by atomic mass is 16.5. The number of methoxy groups -OCH3 is 1. The van der Waals surface area contributed by atoms with E-state index < -0.39 is 17.8 Å². The number of ether oxygens (including phenoxy) is 1. The first kappa shape index (κ1) is 14.8. The summed E-state index contributed by atoms with van der Waals surface area (Å²) in [4.78, 5) is 34.3. The number of amides is 2. The van der Waals surface area contributed by atoms with Crippen LogP contribution in [0, 0.1) is 0 Å². The molecule has 0 aliphatic carbocycles. The predicted octanol–water partition coefficient (Wildman–Crippen LogP) is 0.833. The van der Waals surface area contributed by atoms with Gasteiger partial charge in [0, 0.05) is 12.6 Å². The lowest BCUT2D eigenvalue weighted by Gasteiger charge is -2.09. The fourth-order valence-corrected chi connectivity index (χ4v) is 0.887. The third-order valence-corrected chi connectivity index (χ3v) is 1.93. The van der Waals surface area contributed by atoms with Gasteiger partial charge in [-0.2, -0.15) is 0 Å². The molecular weight excluding hydrogens is 222 g/mol. The molecule has 0 heterocycles. The highest BCUT2D eigenvalue weighted by molar-refractivity contribution is 6.04. The molecule has 0 aromatic rings. The third-order valence-electron chi connectivity index (χ3n) is 1.93. The summed E-state index contributed by atoms with van der Waals surface area (Å²) in [6.07, 6.45) is 3.86. The van der Waals surface area contributed by atoms with Gasteiger partial charge < -0.3 is 4.74 Å². The average Bonchev–Trinajstić information content (AvgIpc) is 2.35. The summed E-state index contributed by atoms with van der Waals surface area (Å²) in [5.41, 5.74) is 0.231. The van der Waals surface area contributed by atoms with Crippen molar-refractivity contribution in [3.8, 4) is 0 Å². The maximum Gasteiger partial charge on any atom is 0.333 e. The highest BCUT2D eigenvalue weighted by Crippen LogP contribution is 2.02. The van der Waals surface area contributed by atoms with Crippen molar-refractivity contribution in [1.29, 1.82) is 0 Å². The Morgan fingerprint density at radius 3 is 2.35 bits per heavy atom. The Morgan fingerprint density at radius 1 is 1.29 bits per heavy atom. The van der Waals surface area contributed by atoms with Crippen LogP contribution < -0.4 is 0 Å². The normalized spacial score (nSPS) is 9.76. The molecule has 0 radical (unpaired) electrons. The van der Waals surface area contributed by atoms with Crippen molar-refractivity contribution in [1.82, 2.24) is 4.90 Å². The van der Waals surface area contributed by atoms with Gasteiger partial charge in [-0.05, 0) is 18.6 Å². The Labute approximate surface area is 100 Å². The number of carbonyl (C=O) groups excluding carboxylic acids is 3. The first-order chi connectivity index (χ1) is 7.93. The maximum absolute atomic E-state index is 11.4. The van der Waals surface area contributed by atoms with Gasteiger partial charge in [-0.1, -0.05) is 19.2 Å². The van der Waals surface area contributed by atoms with Crippen LogP contribution in [-0.4, -0.2) is 36.8 Å². The minimum Gasteiger partial charge on any atom is -0.466 e. The summed E-state index contributed by atoms with van der Waals surface area (Å²) in [7, 11) is 2.59. The van der Waals surface area contributed by atoms with Crippen LogP contribution in [0.2, 0.25) is 0 Å². The number of carbonyl (C=O) groups is 3. The number of hydrogen-bond acceptors (Lipinski definition) is 4. The van der Waals surface area contributed by atoms with Crippen LogP contribution in [0.15, 0.2) is 37.0 Å². The highest BCUT2D eigenvalue weighted by Gasteiger charge is 2.10. The van der Waals surface area contributed by atoms with Crippen LogP contribution in [0.1, 0.15) is 6.42 Å². The van der Waals surface area contributed by atoms with Crippen molar-refractivity contribution in [2.45, 2.75) is 6.42 Å². The van der Waals surface area contributed by atoms with Gasteiger partial charge in [-0.15, -0.1) is 0 Å². The van der Waals surface area contributed by atoms with Crippen molar-refractivity contribution in [2.75, 3.05) is 14.2 Å². The molecule has 5 nitrogen and oxygen atoms in total. The first-order valence-electron chi connectivity index (χ1n) is 4.80. The summed E-state index contributed by atoms with van der Waals surface area (Å²) >= 11 is 0. The van der Waals surface area contributed by atoms with Gasteiger partial charge in [-0.3, -0.25) is 14.5 Å². The Kier molecular flexibility index (Phi) is 6.25. The number of imide groups is 1. The Bertz CT molecular complexity index is 382. The minimum absolute atomic E-state index is 0.189. The standard InChI is InChI=1S/C12H15NO4/c1-5-10(14)13(3)11(15)8-6-7-9(2)12(16)17-4/h5-6,8H,1-2,7H2,3-4H3. The molecule has 5 heteroatoms. The van der Waals surface area contributed by atoms with Crippen LogP contribution in [0.4, 0.5) is 0 Å². The van der Waals surface area contributed by atoms with Gasteiger partial charge in [0.25, 0.3) is 11.8 Å². The molecule has 0 aliphatic rings. The Morgan fingerprint density at radius 2 is 1.88 bits per heavy atom.